The van der Waals surface area contributed by atoms with E-state index in [9.17, 15) is 9.59 Å². The van der Waals surface area contributed by atoms with Crippen molar-refractivity contribution in [2.45, 2.75) is 51.3 Å². The van der Waals surface area contributed by atoms with E-state index in [1.54, 1.807) is 11.0 Å². The summed E-state index contributed by atoms with van der Waals surface area (Å²) in [6.07, 6.45) is 7.05. The van der Waals surface area contributed by atoms with Gasteiger partial charge >= 0.3 is 0 Å². The standard InChI is InChI=1S/C18H25N7O3.CH2O2/c26-16(4-1-6-25-12-19-11-21-25)24-7-5-14-15(10-24)22-23-17(14)18(27)20-9-13-3-2-8-28-13;2-1-3/h11-13H,1-10H2,(H,20,27)(H,22,23);1H,(H,2,3). The molecule has 2 aliphatic heterocycles. The van der Waals surface area contributed by atoms with Crippen LogP contribution in [0.1, 0.15) is 47.4 Å². The Morgan fingerprint density at radius 3 is 2.97 bits per heavy atom. The van der Waals surface area contributed by atoms with Crippen molar-refractivity contribution in [1.29, 1.82) is 0 Å². The van der Waals surface area contributed by atoms with E-state index in [4.69, 9.17) is 14.6 Å². The molecule has 1 fully saturated rings. The number of rotatable bonds is 7. The Morgan fingerprint density at radius 1 is 1.42 bits per heavy atom. The Hall–Kier alpha value is -3.28. The topological polar surface area (TPSA) is 155 Å². The van der Waals surface area contributed by atoms with Gasteiger partial charge in [0.25, 0.3) is 12.4 Å². The molecule has 2 aromatic rings. The van der Waals surface area contributed by atoms with Gasteiger partial charge in [0.1, 0.15) is 12.7 Å². The summed E-state index contributed by atoms with van der Waals surface area (Å²) in [6.45, 7) is 2.76. The number of fused-ring (bicyclic) bond motifs is 1. The minimum atomic E-state index is -0.250. The fourth-order valence-electron chi connectivity index (χ4n) is 3.71. The van der Waals surface area contributed by atoms with Crippen molar-refractivity contribution in [2.75, 3.05) is 19.7 Å². The number of amides is 2. The maximum atomic E-state index is 12.5. The normalized spacial score (nSPS) is 17.4. The Kier molecular flexibility index (Phi) is 8.10. The first-order chi connectivity index (χ1) is 15.1. The molecule has 1 saturated heterocycles. The Labute approximate surface area is 179 Å². The smallest absolute Gasteiger partial charge is 0.290 e. The molecule has 4 heterocycles. The molecule has 12 nitrogen and oxygen atoms in total. The van der Waals surface area contributed by atoms with E-state index in [2.05, 4.69) is 25.6 Å². The third kappa shape index (κ3) is 6.10. The van der Waals surface area contributed by atoms with Gasteiger partial charge in [-0.15, -0.1) is 0 Å². The number of H-pyrrole nitrogens is 1. The lowest BCUT2D eigenvalue weighted by molar-refractivity contribution is -0.132. The zero-order chi connectivity index (χ0) is 22.1. The van der Waals surface area contributed by atoms with Gasteiger partial charge in [-0.2, -0.15) is 10.2 Å². The SMILES string of the molecule is O=C(NCC1CCCO1)c1n[nH]c2c1CCN(C(=O)CCCn1cncn1)C2.O=CO. The van der Waals surface area contributed by atoms with Gasteiger partial charge < -0.3 is 20.1 Å². The number of hydrogen-bond donors (Lipinski definition) is 3. The highest BCUT2D eigenvalue weighted by molar-refractivity contribution is 5.94. The van der Waals surface area contributed by atoms with Crippen LogP contribution >= 0.6 is 0 Å². The first-order valence-electron chi connectivity index (χ1n) is 10.3. The zero-order valence-electron chi connectivity index (χ0n) is 17.2. The van der Waals surface area contributed by atoms with E-state index in [0.29, 0.717) is 51.1 Å². The van der Waals surface area contributed by atoms with Crippen molar-refractivity contribution in [3.8, 4) is 0 Å². The van der Waals surface area contributed by atoms with Crippen LogP contribution in [0.3, 0.4) is 0 Å². The summed E-state index contributed by atoms with van der Waals surface area (Å²) in [7, 11) is 0. The second-order valence-electron chi connectivity index (χ2n) is 7.31. The molecular weight excluding hydrogens is 406 g/mol. The van der Waals surface area contributed by atoms with Crippen LogP contribution in [0.2, 0.25) is 0 Å². The molecule has 0 aromatic carbocycles. The molecule has 12 heteroatoms. The number of nitrogens with zero attached hydrogens (tertiary/aromatic N) is 5. The minimum absolute atomic E-state index is 0.101. The molecule has 0 saturated carbocycles. The summed E-state index contributed by atoms with van der Waals surface area (Å²) in [4.78, 5) is 39.0. The number of ether oxygens (including phenoxy) is 1. The average molecular weight is 433 g/mol. The molecule has 1 unspecified atom stereocenters. The number of aryl methyl sites for hydroxylation is 1. The maximum absolute atomic E-state index is 12.5. The minimum Gasteiger partial charge on any atom is -0.483 e. The molecule has 2 amide bonds. The van der Waals surface area contributed by atoms with Gasteiger partial charge in [-0.1, -0.05) is 0 Å². The molecule has 4 rings (SSSR count). The molecule has 2 aromatic heterocycles. The van der Waals surface area contributed by atoms with Gasteiger partial charge in [0.05, 0.1) is 18.3 Å². The highest BCUT2D eigenvalue weighted by Crippen LogP contribution is 2.21. The molecule has 0 spiro atoms. The highest BCUT2D eigenvalue weighted by atomic mass is 16.5. The van der Waals surface area contributed by atoms with Crippen LogP contribution in [0.15, 0.2) is 12.7 Å². The Bertz CT molecular complexity index is 861. The molecular formula is C19H27N7O5. The summed E-state index contributed by atoms with van der Waals surface area (Å²) >= 11 is 0. The number of carbonyl (C=O) groups excluding carboxylic acids is 2. The van der Waals surface area contributed by atoms with Gasteiger partial charge in [-0.25, -0.2) is 4.98 Å². The van der Waals surface area contributed by atoms with E-state index in [0.717, 1.165) is 30.7 Å². The van der Waals surface area contributed by atoms with E-state index in [1.165, 1.54) is 6.33 Å². The molecule has 0 radical (unpaired) electrons. The lowest BCUT2D eigenvalue weighted by Crippen LogP contribution is -2.37. The predicted octanol–water partition coefficient (Wildman–Crippen LogP) is -0.0241. The highest BCUT2D eigenvalue weighted by Gasteiger charge is 2.27. The third-order valence-electron chi connectivity index (χ3n) is 5.26. The van der Waals surface area contributed by atoms with Crippen LogP contribution < -0.4 is 5.32 Å². The number of nitrogens with one attached hydrogen (secondary N) is 2. The molecule has 2 aliphatic rings. The second kappa shape index (κ2) is 11.2. The van der Waals surface area contributed by atoms with Crippen molar-refractivity contribution in [2.24, 2.45) is 0 Å². The quantitative estimate of drug-likeness (QED) is 0.514. The Balaban J connectivity index is 0.000000858. The van der Waals surface area contributed by atoms with Gasteiger partial charge in [0.2, 0.25) is 5.91 Å². The average Bonchev–Trinajstić information content (AvgIpc) is 3.54. The molecule has 0 bridgehead atoms. The number of carbonyl (C=O) groups is 3. The van der Waals surface area contributed by atoms with Crippen molar-refractivity contribution in [1.82, 2.24) is 35.2 Å². The van der Waals surface area contributed by atoms with Crippen molar-refractivity contribution in [3.05, 3.63) is 29.6 Å². The maximum Gasteiger partial charge on any atom is 0.290 e. The summed E-state index contributed by atoms with van der Waals surface area (Å²) in [6, 6.07) is 0. The number of carboxylic acid groups (broad SMARTS) is 1. The monoisotopic (exact) mass is 433 g/mol. The fraction of sp³-hybridized carbons (Fsp3) is 0.579. The van der Waals surface area contributed by atoms with Crippen LogP contribution in [-0.2, 0) is 33.8 Å². The summed E-state index contributed by atoms with van der Waals surface area (Å²) in [5, 5.41) is 21.0. The molecule has 0 aliphatic carbocycles. The number of aromatic amines is 1. The molecule has 3 N–H and O–H groups in total. The Morgan fingerprint density at radius 2 is 2.26 bits per heavy atom. The summed E-state index contributed by atoms with van der Waals surface area (Å²) in [5.41, 5.74) is 2.20. The molecule has 31 heavy (non-hydrogen) atoms. The van der Waals surface area contributed by atoms with Gasteiger partial charge in [0, 0.05) is 38.2 Å². The van der Waals surface area contributed by atoms with Crippen molar-refractivity contribution in [3.63, 3.8) is 0 Å². The second-order valence-corrected chi connectivity index (χ2v) is 7.31. The van der Waals surface area contributed by atoms with Crippen molar-refractivity contribution >= 4 is 18.3 Å². The van der Waals surface area contributed by atoms with Gasteiger partial charge in [-0.05, 0) is 25.7 Å². The zero-order valence-corrected chi connectivity index (χ0v) is 17.2. The van der Waals surface area contributed by atoms with Crippen LogP contribution in [0, 0.1) is 0 Å². The van der Waals surface area contributed by atoms with E-state index >= 15 is 0 Å². The molecule has 1 atom stereocenters. The van der Waals surface area contributed by atoms with Crippen molar-refractivity contribution < 1.29 is 24.2 Å². The van der Waals surface area contributed by atoms with Gasteiger partial charge in [0.15, 0.2) is 5.69 Å². The van der Waals surface area contributed by atoms with E-state index in [1.807, 2.05) is 4.90 Å². The molecule has 168 valence electrons. The first kappa shape index (κ1) is 22.4. The van der Waals surface area contributed by atoms with E-state index in [-0.39, 0.29) is 24.4 Å². The lowest BCUT2D eigenvalue weighted by atomic mass is 10.0. The van der Waals surface area contributed by atoms with Crippen LogP contribution in [-0.4, -0.2) is 79.1 Å². The predicted molar refractivity (Wildman–Crippen MR) is 107 cm³/mol. The summed E-state index contributed by atoms with van der Waals surface area (Å²) in [5.74, 6) is -0.0784. The number of aromatic nitrogens is 5. The fourth-order valence-corrected chi connectivity index (χ4v) is 3.71. The summed E-state index contributed by atoms with van der Waals surface area (Å²) < 4.78 is 7.25. The first-order valence-corrected chi connectivity index (χ1v) is 10.3. The van der Waals surface area contributed by atoms with E-state index < -0.39 is 0 Å². The van der Waals surface area contributed by atoms with Gasteiger partial charge in [-0.3, -0.25) is 24.2 Å². The largest absolute Gasteiger partial charge is 0.483 e. The van der Waals surface area contributed by atoms with Crippen LogP contribution in [0.5, 0.6) is 0 Å². The van der Waals surface area contributed by atoms with Crippen LogP contribution in [0.4, 0.5) is 0 Å². The van der Waals surface area contributed by atoms with Crippen LogP contribution in [0.25, 0.3) is 0 Å². The lowest BCUT2D eigenvalue weighted by Gasteiger charge is -2.27. The third-order valence-corrected chi connectivity index (χ3v) is 5.26. The number of hydrogen-bond acceptors (Lipinski definition) is 7.